The predicted octanol–water partition coefficient (Wildman–Crippen LogP) is 1.39. The van der Waals surface area contributed by atoms with E-state index in [0.29, 0.717) is 0 Å². The summed E-state index contributed by atoms with van der Waals surface area (Å²) in [6, 6.07) is 3.96. The second-order valence-electron chi connectivity index (χ2n) is 3.07. The van der Waals surface area contributed by atoms with Crippen LogP contribution in [0.25, 0.3) is 0 Å². The molecule has 0 saturated carbocycles. The van der Waals surface area contributed by atoms with Crippen LogP contribution in [-0.4, -0.2) is 18.5 Å². The quantitative estimate of drug-likeness (QED) is 0.615. The summed E-state index contributed by atoms with van der Waals surface area (Å²) in [7, 11) is 1.45. The van der Waals surface area contributed by atoms with Crippen molar-refractivity contribution in [1.29, 1.82) is 0 Å². The molecule has 0 aliphatic carbocycles. The van der Waals surface area contributed by atoms with E-state index >= 15 is 0 Å². The van der Waals surface area contributed by atoms with E-state index in [0.717, 1.165) is 11.1 Å². The third kappa shape index (κ3) is 3.01. The first-order valence-electron chi connectivity index (χ1n) is 4.32. The van der Waals surface area contributed by atoms with Crippen LogP contribution < -0.4 is 15.6 Å². The van der Waals surface area contributed by atoms with Crippen LogP contribution in [0.15, 0.2) is 18.2 Å². The molecule has 0 aliphatic heterocycles. The lowest BCUT2D eigenvalue weighted by Crippen LogP contribution is -2.27. The van der Waals surface area contributed by atoms with Gasteiger partial charge in [0.25, 0.3) is 0 Å². The van der Waals surface area contributed by atoms with E-state index in [4.69, 9.17) is 10.9 Å². The van der Waals surface area contributed by atoms with Crippen LogP contribution in [0.1, 0.15) is 5.56 Å². The molecule has 0 aromatic heterocycles. The van der Waals surface area contributed by atoms with Crippen molar-refractivity contribution in [2.24, 2.45) is 5.84 Å². The molecule has 0 heterocycles. The first kappa shape index (κ1) is 12.6. The number of alkyl halides is 3. The van der Waals surface area contributed by atoms with Gasteiger partial charge in [-0.15, -0.1) is 13.2 Å². The number of hydrazine groups is 1. The number of aliphatic hydroxyl groups is 1. The van der Waals surface area contributed by atoms with Gasteiger partial charge in [-0.1, -0.05) is 6.07 Å². The van der Waals surface area contributed by atoms with Crippen LogP contribution in [0.3, 0.4) is 0 Å². The third-order valence-electron chi connectivity index (χ3n) is 1.87. The van der Waals surface area contributed by atoms with Crippen LogP contribution in [0.5, 0.6) is 5.75 Å². The number of aliphatic hydroxyl groups excluding tert-OH is 1. The van der Waals surface area contributed by atoms with Crippen molar-refractivity contribution in [2.75, 3.05) is 12.1 Å². The number of hydrogen-bond acceptors (Lipinski definition) is 4. The molecule has 0 spiro atoms. The molecular formula is C9H11F3N2O2. The van der Waals surface area contributed by atoms with E-state index in [1.807, 2.05) is 0 Å². The second kappa shape index (κ2) is 4.58. The van der Waals surface area contributed by atoms with Crippen molar-refractivity contribution in [3.05, 3.63) is 23.8 Å². The Hall–Kier alpha value is -1.47. The summed E-state index contributed by atoms with van der Waals surface area (Å²) >= 11 is 0. The molecule has 1 aromatic rings. The molecule has 3 N–H and O–H groups in total. The summed E-state index contributed by atoms with van der Waals surface area (Å²) in [6.45, 7) is -0.594. The molecule has 0 atom stereocenters. The number of nitrogens with two attached hydrogens (primary N) is 1. The minimum Gasteiger partial charge on any atom is -0.405 e. The monoisotopic (exact) mass is 236 g/mol. The molecular weight excluding hydrogens is 225 g/mol. The highest BCUT2D eigenvalue weighted by Gasteiger charge is 2.32. The number of rotatable bonds is 3. The van der Waals surface area contributed by atoms with Crippen LogP contribution in [0.4, 0.5) is 18.9 Å². The number of nitrogens with zero attached hydrogens (tertiary/aromatic N) is 1. The van der Waals surface area contributed by atoms with Crippen molar-refractivity contribution in [2.45, 2.75) is 13.0 Å². The Labute approximate surface area is 90.0 Å². The maximum Gasteiger partial charge on any atom is 0.573 e. The molecule has 4 nitrogen and oxygen atoms in total. The topological polar surface area (TPSA) is 58.7 Å². The average molecular weight is 236 g/mol. The Morgan fingerprint density at radius 1 is 1.44 bits per heavy atom. The highest BCUT2D eigenvalue weighted by molar-refractivity contribution is 5.57. The van der Waals surface area contributed by atoms with E-state index in [1.165, 1.54) is 19.2 Å². The normalized spacial score (nSPS) is 11.4. The zero-order chi connectivity index (χ0) is 12.3. The van der Waals surface area contributed by atoms with Crippen LogP contribution in [0.2, 0.25) is 0 Å². The standard InChI is InChI=1S/C9H11F3N2O2/c1-14(13)7-3-2-4-8(6(7)5-15)16-9(10,11)12/h2-4,15H,5,13H2,1H3. The van der Waals surface area contributed by atoms with E-state index in [1.54, 1.807) is 0 Å². The molecule has 0 fully saturated rings. The summed E-state index contributed by atoms with van der Waals surface area (Å²) in [5.74, 6) is 4.95. The first-order chi connectivity index (χ1) is 7.35. The van der Waals surface area contributed by atoms with Gasteiger partial charge in [0, 0.05) is 12.6 Å². The number of anilines is 1. The Kier molecular flexibility index (Phi) is 3.61. The molecule has 0 saturated heterocycles. The zero-order valence-corrected chi connectivity index (χ0v) is 8.45. The fourth-order valence-corrected chi connectivity index (χ4v) is 1.26. The molecule has 0 amide bonds. The minimum atomic E-state index is -4.80. The molecule has 0 aliphatic rings. The highest BCUT2D eigenvalue weighted by Crippen LogP contribution is 2.31. The molecule has 90 valence electrons. The van der Waals surface area contributed by atoms with E-state index in [-0.39, 0.29) is 11.3 Å². The van der Waals surface area contributed by atoms with Crippen molar-refractivity contribution in [3.8, 4) is 5.75 Å². The van der Waals surface area contributed by atoms with Gasteiger partial charge < -0.3 is 14.9 Å². The Morgan fingerprint density at radius 3 is 2.50 bits per heavy atom. The van der Waals surface area contributed by atoms with Crippen molar-refractivity contribution in [1.82, 2.24) is 0 Å². The number of hydrogen-bond donors (Lipinski definition) is 2. The number of halogens is 3. The van der Waals surface area contributed by atoms with Gasteiger partial charge in [-0.05, 0) is 12.1 Å². The minimum absolute atomic E-state index is 0.00942. The van der Waals surface area contributed by atoms with E-state index < -0.39 is 18.7 Å². The molecule has 1 rings (SSSR count). The SMILES string of the molecule is CN(N)c1cccc(OC(F)(F)F)c1CO. The van der Waals surface area contributed by atoms with Crippen LogP contribution in [-0.2, 0) is 6.61 Å². The van der Waals surface area contributed by atoms with Gasteiger partial charge >= 0.3 is 6.36 Å². The van der Waals surface area contributed by atoms with Crippen molar-refractivity contribution in [3.63, 3.8) is 0 Å². The summed E-state index contributed by atoms with van der Waals surface area (Å²) in [5.41, 5.74) is 0.258. The Balaban J connectivity index is 3.14. The number of ether oxygens (including phenoxy) is 1. The molecule has 7 heteroatoms. The van der Waals surface area contributed by atoms with Gasteiger partial charge in [-0.2, -0.15) is 0 Å². The van der Waals surface area contributed by atoms with Gasteiger partial charge in [-0.3, -0.25) is 0 Å². The van der Waals surface area contributed by atoms with E-state index in [2.05, 4.69) is 4.74 Å². The maximum absolute atomic E-state index is 12.0. The number of benzene rings is 1. The van der Waals surface area contributed by atoms with Gasteiger partial charge in [0.2, 0.25) is 0 Å². The van der Waals surface area contributed by atoms with Crippen LogP contribution in [0, 0.1) is 0 Å². The largest absolute Gasteiger partial charge is 0.573 e. The molecule has 0 bridgehead atoms. The molecule has 16 heavy (non-hydrogen) atoms. The lowest BCUT2D eigenvalue weighted by atomic mass is 10.1. The maximum atomic E-state index is 12.0. The van der Waals surface area contributed by atoms with Gasteiger partial charge in [-0.25, -0.2) is 5.84 Å². The summed E-state index contributed by atoms with van der Waals surface area (Å²) in [5, 5.41) is 10.1. The molecule has 0 radical (unpaired) electrons. The summed E-state index contributed by atoms with van der Waals surface area (Å²) < 4.78 is 39.9. The second-order valence-corrected chi connectivity index (χ2v) is 3.07. The highest BCUT2D eigenvalue weighted by atomic mass is 19.4. The average Bonchev–Trinajstić information content (AvgIpc) is 2.14. The van der Waals surface area contributed by atoms with Crippen molar-refractivity contribution < 1.29 is 23.0 Å². The summed E-state index contributed by atoms with van der Waals surface area (Å²) in [4.78, 5) is 0. The lowest BCUT2D eigenvalue weighted by molar-refractivity contribution is -0.275. The van der Waals surface area contributed by atoms with Crippen LogP contribution >= 0.6 is 0 Å². The molecule has 0 unspecified atom stereocenters. The smallest absolute Gasteiger partial charge is 0.405 e. The predicted molar refractivity (Wildman–Crippen MR) is 51.6 cm³/mol. The fraction of sp³-hybridized carbons (Fsp3) is 0.333. The van der Waals surface area contributed by atoms with Gasteiger partial charge in [0.1, 0.15) is 5.75 Å². The summed E-state index contributed by atoms with van der Waals surface area (Å²) in [6.07, 6.45) is -4.80. The molecule has 1 aromatic carbocycles. The van der Waals surface area contributed by atoms with Gasteiger partial charge in [0.15, 0.2) is 0 Å². The third-order valence-corrected chi connectivity index (χ3v) is 1.87. The fourth-order valence-electron chi connectivity index (χ4n) is 1.26. The van der Waals surface area contributed by atoms with Gasteiger partial charge in [0.05, 0.1) is 12.3 Å². The van der Waals surface area contributed by atoms with E-state index in [9.17, 15) is 13.2 Å². The lowest BCUT2D eigenvalue weighted by Gasteiger charge is -2.19. The first-order valence-corrected chi connectivity index (χ1v) is 4.32. The Morgan fingerprint density at radius 2 is 2.06 bits per heavy atom. The van der Waals surface area contributed by atoms with Crippen molar-refractivity contribution >= 4 is 5.69 Å². The zero-order valence-electron chi connectivity index (χ0n) is 8.45. The Bertz CT molecular complexity index is 366.